The smallest absolute Gasteiger partial charge is 0.339 e. The van der Waals surface area contributed by atoms with Crippen LogP contribution in [0.15, 0.2) is 12.2 Å². The van der Waals surface area contributed by atoms with E-state index in [4.69, 9.17) is 27.9 Å². The third-order valence-corrected chi connectivity index (χ3v) is 1.89. The van der Waals surface area contributed by atoms with Gasteiger partial charge in [-0.25, -0.2) is 4.79 Å². The zero-order valence-corrected chi connectivity index (χ0v) is 8.02. The Balaban J connectivity index is 2.04. The van der Waals surface area contributed by atoms with Crippen molar-refractivity contribution in [2.45, 2.75) is 17.7 Å². The van der Waals surface area contributed by atoms with E-state index in [1.165, 1.54) is 12.8 Å². The Hall–Kier alpha value is -0.210. The maximum Gasteiger partial charge on any atom is 0.339 e. The number of halogens is 2. The van der Waals surface area contributed by atoms with Crippen LogP contribution < -0.4 is 0 Å². The number of ether oxygens (including phenoxy) is 1. The van der Waals surface area contributed by atoms with E-state index < -0.39 is 10.8 Å². The van der Waals surface area contributed by atoms with Crippen LogP contribution >= 0.6 is 23.2 Å². The molecule has 1 rings (SSSR count). The Morgan fingerprint density at radius 2 is 2.25 bits per heavy atom. The molecule has 1 saturated carbocycles. The molecule has 0 aromatic heterocycles. The van der Waals surface area contributed by atoms with Crippen molar-refractivity contribution in [2.24, 2.45) is 5.92 Å². The van der Waals surface area contributed by atoms with E-state index in [9.17, 15) is 4.79 Å². The van der Waals surface area contributed by atoms with E-state index >= 15 is 0 Å². The summed E-state index contributed by atoms with van der Waals surface area (Å²) in [5, 5.41) is 0. The number of hydrogen-bond donors (Lipinski definition) is 0. The summed E-state index contributed by atoms with van der Waals surface area (Å²) in [6.07, 6.45) is 6.37. The minimum absolute atomic E-state index is 0.269. The van der Waals surface area contributed by atoms with Gasteiger partial charge in [-0.3, -0.25) is 0 Å². The number of rotatable bonds is 4. The quantitative estimate of drug-likeness (QED) is 0.403. The van der Waals surface area contributed by atoms with Gasteiger partial charge in [-0.2, -0.15) is 0 Å². The van der Waals surface area contributed by atoms with Gasteiger partial charge in [-0.1, -0.05) is 35.4 Å². The molecule has 2 nitrogen and oxygen atoms in total. The fraction of sp³-hybridized carbons (Fsp3) is 0.625. The van der Waals surface area contributed by atoms with Crippen LogP contribution in [-0.4, -0.2) is 17.4 Å². The maximum atomic E-state index is 10.7. The molecule has 68 valence electrons. The van der Waals surface area contributed by atoms with Crippen molar-refractivity contribution < 1.29 is 9.53 Å². The lowest BCUT2D eigenvalue weighted by Crippen LogP contribution is -2.12. The highest BCUT2D eigenvalue weighted by Crippen LogP contribution is 2.29. The molecule has 0 aliphatic heterocycles. The number of hydrogen-bond acceptors (Lipinski definition) is 2. The first-order valence-electron chi connectivity index (χ1n) is 3.81. The summed E-state index contributed by atoms with van der Waals surface area (Å²) in [5.41, 5.74) is 0. The minimum atomic E-state index is -1.07. The number of allylic oxidation sites excluding steroid dienone is 1. The van der Waals surface area contributed by atoms with Gasteiger partial charge in [0.25, 0.3) is 0 Å². The van der Waals surface area contributed by atoms with Gasteiger partial charge >= 0.3 is 5.97 Å². The minimum Gasteiger partial charge on any atom is -0.459 e. The predicted octanol–water partition coefficient (Wildman–Crippen LogP) is 2.30. The SMILES string of the molecule is O=C(OC/C=C\C1CC1)C(Cl)Cl. The highest BCUT2D eigenvalue weighted by atomic mass is 35.5. The Bertz CT molecular complexity index is 185. The van der Waals surface area contributed by atoms with Crippen LogP contribution in [-0.2, 0) is 9.53 Å². The summed E-state index contributed by atoms with van der Waals surface area (Å²) in [5.74, 6) is 0.116. The van der Waals surface area contributed by atoms with E-state index in [2.05, 4.69) is 0 Å². The average molecular weight is 209 g/mol. The summed E-state index contributed by atoms with van der Waals surface area (Å²) in [6, 6.07) is 0. The molecule has 0 aromatic rings. The molecule has 0 unspecified atom stereocenters. The average Bonchev–Trinajstić information content (AvgIpc) is 2.80. The monoisotopic (exact) mass is 208 g/mol. The number of esters is 1. The molecule has 0 heterocycles. The van der Waals surface area contributed by atoms with Gasteiger partial charge in [0.15, 0.2) is 0 Å². The van der Waals surface area contributed by atoms with Crippen molar-refractivity contribution in [3.05, 3.63) is 12.2 Å². The van der Waals surface area contributed by atoms with Gasteiger partial charge in [0, 0.05) is 0 Å². The molecule has 12 heavy (non-hydrogen) atoms. The second-order valence-corrected chi connectivity index (χ2v) is 3.79. The Morgan fingerprint density at radius 3 is 2.75 bits per heavy atom. The van der Waals surface area contributed by atoms with Crippen molar-refractivity contribution in [3.8, 4) is 0 Å². The van der Waals surface area contributed by atoms with E-state index in [0.29, 0.717) is 5.92 Å². The molecule has 0 atom stereocenters. The largest absolute Gasteiger partial charge is 0.459 e. The van der Waals surface area contributed by atoms with Crippen molar-refractivity contribution in [2.75, 3.05) is 6.61 Å². The van der Waals surface area contributed by atoms with Crippen LogP contribution in [0, 0.1) is 5.92 Å². The zero-order valence-electron chi connectivity index (χ0n) is 6.50. The van der Waals surface area contributed by atoms with Crippen LogP contribution in [0.5, 0.6) is 0 Å². The van der Waals surface area contributed by atoms with Crippen molar-refractivity contribution >= 4 is 29.2 Å². The van der Waals surface area contributed by atoms with Crippen molar-refractivity contribution in [1.29, 1.82) is 0 Å². The lowest BCUT2D eigenvalue weighted by molar-refractivity contribution is -0.140. The van der Waals surface area contributed by atoms with E-state index in [-0.39, 0.29) is 6.61 Å². The molecule has 0 radical (unpaired) electrons. The lowest BCUT2D eigenvalue weighted by Gasteiger charge is -2.00. The topological polar surface area (TPSA) is 26.3 Å². The van der Waals surface area contributed by atoms with Crippen molar-refractivity contribution in [1.82, 2.24) is 0 Å². The van der Waals surface area contributed by atoms with Gasteiger partial charge in [-0.15, -0.1) is 0 Å². The van der Waals surface area contributed by atoms with E-state index in [1.54, 1.807) is 0 Å². The third kappa shape index (κ3) is 3.98. The highest BCUT2D eigenvalue weighted by molar-refractivity contribution is 6.52. The zero-order chi connectivity index (χ0) is 8.97. The molecule has 0 amide bonds. The molecule has 0 aromatic carbocycles. The molecule has 4 heteroatoms. The summed E-state index contributed by atoms with van der Waals surface area (Å²) in [7, 11) is 0. The Labute approximate surface area is 81.5 Å². The Kier molecular flexibility index (Phi) is 3.89. The summed E-state index contributed by atoms with van der Waals surface area (Å²) in [6.45, 7) is 0.269. The van der Waals surface area contributed by atoms with Crippen LogP contribution in [0.1, 0.15) is 12.8 Å². The molecule has 1 aliphatic carbocycles. The van der Waals surface area contributed by atoms with Gasteiger partial charge in [-0.05, 0) is 18.8 Å². The standard InChI is InChI=1S/C8H10Cl2O2/c9-7(10)8(11)12-5-1-2-6-3-4-6/h1-2,6-7H,3-5H2/b2-1-. The lowest BCUT2D eigenvalue weighted by atomic mass is 10.4. The maximum absolute atomic E-state index is 10.7. The van der Waals surface area contributed by atoms with Crippen LogP contribution in [0.4, 0.5) is 0 Å². The van der Waals surface area contributed by atoms with Crippen LogP contribution in [0.25, 0.3) is 0 Å². The first-order chi connectivity index (χ1) is 5.70. The van der Waals surface area contributed by atoms with Gasteiger partial charge in [0.2, 0.25) is 4.84 Å². The van der Waals surface area contributed by atoms with Crippen LogP contribution in [0.2, 0.25) is 0 Å². The summed E-state index contributed by atoms with van der Waals surface area (Å²) in [4.78, 5) is 9.61. The van der Waals surface area contributed by atoms with Gasteiger partial charge < -0.3 is 4.74 Å². The Morgan fingerprint density at radius 1 is 1.58 bits per heavy atom. The number of alkyl halides is 2. The molecular formula is C8H10Cl2O2. The second-order valence-electron chi connectivity index (χ2n) is 2.70. The molecular weight excluding hydrogens is 199 g/mol. The van der Waals surface area contributed by atoms with Gasteiger partial charge in [0.1, 0.15) is 6.61 Å². The van der Waals surface area contributed by atoms with Crippen LogP contribution in [0.3, 0.4) is 0 Å². The molecule has 1 fully saturated rings. The highest BCUT2D eigenvalue weighted by Gasteiger charge is 2.17. The molecule has 1 aliphatic rings. The first-order valence-corrected chi connectivity index (χ1v) is 4.69. The molecule has 0 N–H and O–H groups in total. The second kappa shape index (κ2) is 4.73. The van der Waals surface area contributed by atoms with E-state index in [0.717, 1.165) is 0 Å². The van der Waals surface area contributed by atoms with Crippen molar-refractivity contribution in [3.63, 3.8) is 0 Å². The molecule has 0 spiro atoms. The normalized spacial score (nSPS) is 17.2. The molecule has 0 saturated heterocycles. The number of carbonyl (C=O) groups excluding carboxylic acids is 1. The number of carbonyl (C=O) groups is 1. The summed E-state index contributed by atoms with van der Waals surface area (Å²) >= 11 is 10.5. The molecule has 0 bridgehead atoms. The third-order valence-electron chi connectivity index (χ3n) is 1.53. The first kappa shape index (κ1) is 9.87. The summed E-state index contributed by atoms with van der Waals surface area (Å²) < 4.78 is 4.69. The fourth-order valence-electron chi connectivity index (χ4n) is 0.730. The predicted molar refractivity (Wildman–Crippen MR) is 48.3 cm³/mol. The van der Waals surface area contributed by atoms with E-state index in [1.807, 2.05) is 12.2 Å². The fourth-order valence-corrected chi connectivity index (χ4v) is 0.856. The van der Waals surface area contributed by atoms with Gasteiger partial charge in [0.05, 0.1) is 0 Å².